The normalized spacial score (nSPS) is 10.3. The van der Waals surface area contributed by atoms with Crippen LogP contribution in [0.15, 0.2) is 6.07 Å². The summed E-state index contributed by atoms with van der Waals surface area (Å²) in [4.78, 5) is 13.6. The maximum Gasteiger partial charge on any atom is 0.221 e. The fourth-order valence-corrected chi connectivity index (χ4v) is 2.30. The Bertz CT molecular complexity index is 314. The molecule has 0 radical (unpaired) electrons. The summed E-state index contributed by atoms with van der Waals surface area (Å²) in [7, 11) is 1.66. The van der Waals surface area contributed by atoms with E-state index in [1.807, 2.05) is 11.3 Å². The lowest BCUT2D eigenvalue weighted by Crippen LogP contribution is -2.24. The Kier molecular flexibility index (Phi) is 4.78. The van der Waals surface area contributed by atoms with E-state index in [-0.39, 0.29) is 5.91 Å². The van der Waals surface area contributed by atoms with Gasteiger partial charge in [-0.3, -0.25) is 4.79 Å². The van der Waals surface area contributed by atoms with Gasteiger partial charge in [0.15, 0.2) is 0 Å². The van der Waals surface area contributed by atoms with Gasteiger partial charge in [-0.2, -0.15) is 0 Å². The lowest BCUT2D eigenvalue weighted by atomic mass is 10.3. The molecule has 1 heterocycles. The van der Waals surface area contributed by atoms with Crippen molar-refractivity contribution in [1.29, 1.82) is 0 Å². The highest BCUT2D eigenvalue weighted by molar-refractivity contribution is 7.12. The molecule has 15 heavy (non-hydrogen) atoms. The van der Waals surface area contributed by atoms with E-state index in [9.17, 15) is 4.79 Å². The van der Waals surface area contributed by atoms with E-state index in [0.29, 0.717) is 6.42 Å². The molecule has 0 aromatic carbocycles. The number of nitrogens with one attached hydrogen (secondary N) is 2. The second-order valence-corrected chi connectivity index (χ2v) is 4.89. The van der Waals surface area contributed by atoms with Gasteiger partial charge in [-0.25, -0.2) is 0 Å². The highest BCUT2D eigenvalue weighted by Crippen LogP contribution is 2.19. The van der Waals surface area contributed by atoms with E-state index >= 15 is 0 Å². The summed E-state index contributed by atoms with van der Waals surface area (Å²) in [5.74, 6) is 0.0843. The van der Waals surface area contributed by atoms with Gasteiger partial charge in [-0.05, 0) is 25.5 Å². The van der Waals surface area contributed by atoms with Gasteiger partial charge in [-0.1, -0.05) is 0 Å². The van der Waals surface area contributed by atoms with E-state index in [1.54, 1.807) is 7.05 Å². The van der Waals surface area contributed by atoms with Crippen LogP contribution in [0.5, 0.6) is 0 Å². The Labute approximate surface area is 94.9 Å². The van der Waals surface area contributed by atoms with Crippen LogP contribution in [0.1, 0.15) is 21.7 Å². The molecule has 1 aromatic heterocycles. The first-order valence-corrected chi connectivity index (χ1v) is 5.92. The zero-order valence-corrected chi connectivity index (χ0v) is 10.3. The van der Waals surface area contributed by atoms with E-state index in [4.69, 9.17) is 0 Å². The summed E-state index contributed by atoms with van der Waals surface area (Å²) in [6.45, 7) is 5.85. The Morgan fingerprint density at radius 1 is 1.47 bits per heavy atom. The van der Waals surface area contributed by atoms with Gasteiger partial charge in [0.25, 0.3) is 0 Å². The third-order valence-electron chi connectivity index (χ3n) is 2.32. The SMILES string of the molecule is CNC(=O)CCNCc1cc(C)c(C)s1. The zero-order valence-electron chi connectivity index (χ0n) is 9.52. The highest BCUT2D eigenvalue weighted by Gasteiger charge is 2.01. The molecule has 0 aliphatic rings. The Balaban J connectivity index is 2.23. The summed E-state index contributed by atoms with van der Waals surface area (Å²) >= 11 is 1.82. The lowest BCUT2D eigenvalue weighted by molar-refractivity contribution is -0.120. The molecule has 1 rings (SSSR count). The maximum absolute atomic E-state index is 10.9. The minimum atomic E-state index is 0.0843. The third-order valence-corrected chi connectivity index (χ3v) is 3.48. The van der Waals surface area contributed by atoms with Crippen molar-refractivity contribution in [1.82, 2.24) is 10.6 Å². The topological polar surface area (TPSA) is 41.1 Å². The number of rotatable bonds is 5. The van der Waals surface area contributed by atoms with Crippen LogP contribution in [-0.4, -0.2) is 19.5 Å². The number of amides is 1. The molecule has 0 spiro atoms. The van der Waals surface area contributed by atoms with Crippen molar-refractivity contribution in [3.63, 3.8) is 0 Å². The number of thiophene rings is 1. The van der Waals surface area contributed by atoms with Gasteiger partial charge in [-0.15, -0.1) is 11.3 Å². The molecule has 1 amide bonds. The van der Waals surface area contributed by atoms with Crippen molar-refractivity contribution < 1.29 is 4.79 Å². The average Bonchev–Trinajstić information content (AvgIpc) is 2.53. The van der Waals surface area contributed by atoms with Crippen LogP contribution >= 0.6 is 11.3 Å². The Morgan fingerprint density at radius 3 is 2.73 bits per heavy atom. The summed E-state index contributed by atoms with van der Waals surface area (Å²) in [6.07, 6.45) is 0.542. The zero-order chi connectivity index (χ0) is 11.3. The van der Waals surface area contributed by atoms with Gasteiger partial charge < -0.3 is 10.6 Å². The molecule has 3 nitrogen and oxygen atoms in total. The fraction of sp³-hybridized carbons (Fsp3) is 0.545. The quantitative estimate of drug-likeness (QED) is 0.749. The number of hydrogen-bond acceptors (Lipinski definition) is 3. The smallest absolute Gasteiger partial charge is 0.221 e. The van der Waals surface area contributed by atoms with Crippen LogP contribution in [0.2, 0.25) is 0 Å². The molecular formula is C11H18N2OS. The van der Waals surface area contributed by atoms with Crippen LogP contribution in [-0.2, 0) is 11.3 Å². The second-order valence-electron chi connectivity index (χ2n) is 3.55. The number of carbonyl (C=O) groups excluding carboxylic acids is 1. The predicted octanol–water partition coefficient (Wildman–Crippen LogP) is 1.59. The molecule has 1 aromatic rings. The molecular weight excluding hydrogens is 208 g/mol. The van der Waals surface area contributed by atoms with E-state index in [0.717, 1.165) is 13.1 Å². The maximum atomic E-state index is 10.9. The standard InChI is InChI=1S/C11H18N2OS/c1-8-6-10(15-9(8)2)7-13-5-4-11(14)12-3/h6,13H,4-5,7H2,1-3H3,(H,12,14). The Morgan fingerprint density at radius 2 is 2.20 bits per heavy atom. The molecule has 4 heteroatoms. The molecule has 84 valence electrons. The van der Waals surface area contributed by atoms with Crippen molar-refractivity contribution in [2.24, 2.45) is 0 Å². The summed E-state index contributed by atoms with van der Waals surface area (Å²) in [5.41, 5.74) is 1.35. The fourth-order valence-electron chi connectivity index (χ4n) is 1.28. The second kappa shape index (κ2) is 5.88. The van der Waals surface area contributed by atoms with Crippen LogP contribution in [0.4, 0.5) is 0 Å². The molecule has 0 fully saturated rings. The van der Waals surface area contributed by atoms with Crippen LogP contribution < -0.4 is 10.6 Å². The van der Waals surface area contributed by atoms with Gasteiger partial charge in [0.1, 0.15) is 0 Å². The Hall–Kier alpha value is -0.870. The minimum absolute atomic E-state index is 0.0843. The monoisotopic (exact) mass is 226 g/mol. The molecule has 0 atom stereocenters. The predicted molar refractivity (Wildman–Crippen MR) is 64.2 cm³/mol. The van der Waals surface area contributed by atoms with Crippen molar-refractivity contribution >= 4 is 17.2 Å². The van der Waals surface area contributed by atoms with Gasteiger partial charge in [0.05, 0.1) is 0 Å². The number of hydrogen-bond donors (Lipinski definition) is 2. The minimum Gasteiger partial charge on any atom is -0.359 e. The van der Waals surface area contributed by atoms with E-state index in [1.165, 1.54) is 15.3 Å². The first kappa shape index (κ1) is 12.2. The first-order chi connectivity index (χ1) is 7.13. The van der Waals surface area contributed by atoms with Crippen LogP contribution in [0.3, 0.4) is 0 Å². The van der Waals surface area contributed by atoms with Gasteiger partial charge >= 0.3 is 0 Å². The van der Waals surface area contributed by atoms with Gasteiger partial charge in [0, 0.05) is 36.3 Å². The lowest BCUT2D eigenvalue weighted by Gasteiger charge is -2.01. The largest absolute Gasteiger partial charge is 0.359 e. The molecule has 0 bridgehead atoms. The molecule has 0 saturated heterocycles. The van der Waals surface area contributed by atoms with Crippen molar-refractivity contribution in [3.05, 3.63) is 21.4 Å². The highest BCUT2D eigenvalue weighted by atomic mass is 32.1. The molecule has 0 aliphatic carbocycles. The molecule has 0 unspecified atom stereocenters. The summed E-state index contributed by atoms with van der Waals surface area (Å²) < 4.78 is 0. The first-order valence-electron chi connectivity index (χ1n) is 5.10. The van der Waals surface area contributed by atoms with Crippen molar-refractivity contribution in [3.8, 4) is 0 Å². The third kappa shape index (κ3) is 4.01. The summed E-state index contributed by atoms with van der Waals surface area (Å²) in [6, 6.07) is 2.20. The van der Waals surface area contributed by atoms with Crippen LogP contribution in [0.25, 0.3) is 0 Å². The van der Waals surface area contributed by atoms with Crippen LogP contribution in [0, 0.1) is 13.8 Å². The molecule has 2 N–H and O–H groups in total. The van der Waals surface area contributed by atoms with Crippen molar-refractivity contribution in [2.45, 2.75) is 26.8 Å². The molecule has 0 aliphatic heterocycles. The molecule has 0 saturated carbocycles. The van der Waals surface area contributed by atoms with Gasteiger partial charge in [0.2, 0.25) is 5.91 Å². The average molecular weight is 226 g/mol. The summed E-state index contributed by atoms with van der Waals surface area (Å²) in [5, 5.41) is 5.86. The van der Waals surface area contributed by atoms with E-state index in [2.05, 4.69) is 30.5 Å². The number of aryl methyl sites for hydroxylation is 2. The van der Waals surface area contributed by atoms with E-state index < -0.39 is 0 Å². The number of carbonyl (C=O) groups is 1. The van der Waals surface area contributed by atoms with Crippen molar-refractivity contribution in [2.75, 3.05) is 13.6 Å².